The van der Waals surface area contributed by atoms with E-state index in [0.29, 0.717) is 26.1 Å². The fourth-order valence-corrected chi connectivity index (χ4v) is 4.80. The van der Waals surface area contributed by atoms with Crippen molar-refractivity contribution < 1.29 is 14.3 Å². The van der Waals surface area contributed by atoms with E-state index in [2.05, 4.69) is 5.32 Å². The number of carbonyl (C=O) groups is 2. The Morgan fingerprint density at radius 2 is 1.81 bits per heavy atom. The molecule has 2 aliphatic heterocycles. The van der Waals surface area contributed by atoms with Crippen LogP contribution in [0.3, 0.4) is 0 Å². The van der Waals surface area contributed by atoms with Crippen LogP contribution in [0.2, 0.25) is 0 Å². The van der Waals surface area contributed by atoms with E-state index in [1.165, 1.54) is 0 Å². The van der Waals surface area contributed by atoms with Gasteiger partial charge in [-0.2, -0.15) is 0 Å². The summed E-state index contributed by atoms with van der Waals surface area (Å²) in [5.74, 6) is 0.240. The highest BCUT2D eigenvalue weighted by molar-refractivity contribution is 5.86. The zero-order chi connectivity index (χ0) is 22.9. The summed E-state index contributed by atoms with van der Waals surface area (Å²) in [6.07, 6.45) is 0.762. The number of carbonyl (C=O) groups excluding carboxylic acids is 2. The number of fused-ring (bicyclic) bond motifs is 4. The standard InChI is InChI=1S/C25H31N3O4/c1-25(2,3)32-24(31)26-20(13-17-8-5-4-6-9-17)23(30)27-14-18-12-19(16-27)21-10-7-11-22(29)28(21)15-18/h4-11,18-20H,12-16H2,1-3H3,(H,26,31)/t18-,19+,20-/m0/s1. The van der Waals surface area contributed by atoms with E-state index in [1.807, 2.05) is 45.9 Å². The summed E-state index contributed by atoms with van der Waals surface area (Å²) < 4.78 is 7.27. The van der Waals surface area contributed by atoms with Crippen molar-refractivity contribution in [3.8, 4) is 0 Å². The first-order valence-corrected chi connectivity index (χ1v) is 11.2. The van der Waals surface area contributed by atoms with Crippen molar-refractivity contribution in [3.63, 3.8) is 0 Å². The number of likely N-dealkylation sites (tertiary alicyclic amines) is 1. The Bertz CT molecular complexity index is 1040. The lowest BCUT2D eigenvalue weighted by Crippen LogP contribution is -2.55. The number of piperidine rings is 1. The van der Waals surface area contributed by atoms with Gasteiger partial charge in [0.15, 0.2) is 0 Å². The van der Waals surface area contributed by atoms with E-state index in [9.17, 15) is 14.4 Å². The van der Waals surface area contributed by atoms with Crippen molar-refractivity contribution >= 4 is 12.0 Å². The van der Waals surface area contributed by atoms with E-state index in [4.69, 9.17) is 4.74 Å². The predicted molar refractivity (Wildman–Crippen MR) is 121 cm³/mol. The fraction of sp³-hybridized carbons (Fsp3) is 0.480. The van der Waals surface area contributed by atoms with Crippen LogP contribution in [0.15, 0.2) is 53.3 Å². The number of alkyl carbamates (subject to hydrolysis) is 1. The lowest BCUT2D eigenvalue weighted by molar-refractivity contribution is -0.136. The van der Waals surface area contributed by atoms with E-state index in [0.717, 1.165) is 17.7 Å². The summed E-state index contributed by atoms with van der Waals surface area (Å²) in [6.45, 7) is 7.14. The normalized spacial score (nSPS) is 20.8. The number of ether oxygens (including phenoxy) is 1. The number of amides is 2. The van der Waals surface area contributed by atoms with E-state index >= 15 is 0 Å². The summed E-state index contributed by atoms with van der Waals surface area (Å²) in [4.78, 5) is 40.2. The zero-order valence-corrected chi connectivity index (χ0v) is 18.9. The lowest BCUT2D eigenvalue weighted by Gasteiger charge is -2.43. The molecule has 1 N–H and O–H groups in total. The molecule has 1 aromatic heterocycles. The lowest BCUT2D eigenvalue weighted by atomic mass is 9.83. The van der Waals surface area contributed by atoms with Crippen LogP contribution in [-0.2, 0) is 22.5 Å². The van der Waals surface area contributed by atoms with E-state index in [1.54, 1.807) is 32.9 Å². The molecule has 1 saturated heterocycles. The second-order valence-electron chi connectivity index (χ2n) is 9.83. The first-order valence-electron chi connectivity index (χ1n) is 11.2. The highest BCUT2D eigenvalue weighted by Gasteiger charge is 2.38. The minimum absolute atomic E-state index is 0.0190. The largest absolute Gasteiger partial charge is 0.444 e. The SMILES string of the molecule is CC(C)(C)OC(=O)N[C@@H](Cc1ccccc1)C(=O)N1C[C@@H]2C[C@H](C1)c1cccc(=O)n1C2. The van der Waals surface area contributed by atoms with Crippen LogP contribution in [0.25, 0.3) is 0 Å². The molecule has 4 rings (SSSR count). The maximum atomic E-state index is 13.6. The topological polar surface area (TPSA) is 80.6 Å². The first kappa shape index (κ1) is 22.1. The molecule has 170 valence electrons. The second kappa shape index (κ2) is 8.81. The predicted octanol–water partition coefficient (Wildman–Crippen LogP) is 2.93. The Hall–Kier alpha value is -3.09. The molecule has 0 spiro atoms. The summed E-state index contributed by atoms with van der Waals surface area (Å²) in [6, 6.07) is 14.3. The van der Waals surface area contributed by atoms with Gasteiger partial charge in [0.1, 0.15) is 11.6 Å². The van der Waals surface area contributed by atoms with Crippen LogP contribution in [0.5, 0.6) is 0 Å². The summed E-state index contributed by atoms with van der Waals surface area (Å²) in [7, 11) is 0. The summed E-state index contributed by atoms with van der Waals surface area (Å²) in [5.41, 5.74) is 1.33. The molecule has 3 heterocycles. The number of rotatable bonds is 4. The molecule has 2 aliphatic rings. The molecule has 3 atom stereocenters. The Kier molecular flexibility index (Phi) is 6.09. The Labute approximate surface area is 188 Å². The molecule has 2 bridgehead atoms. The molecule has 2 aromatic rings. The van der Waals surface area contributed by atoms with Crippen molar-refractivity contribution in [1.82, 2.24) is 14.8 Å². The van der Waals surface area contributed by atoms with Crippen LogP contribution in [0.1, 0.15) is 44.4 Å². The third-order valence-corrected chi connectivity index (χ3v) is 6.06. The quantitative estimate of drug-likeness (QED) is 0.798. The van der Waals surface area contributed by atoms with Crippen molar-refractivity contribution in [2.45, 2.75) is 57.7 Å². The molecule has 7 nitrogen and oxygen atoms in total. The van der Waals surface area contributed by atoms with Crippen LogP contribution in [0, 0.1) is 5.92 Å². The van der Waals surface area contributed by atoms with Gasteiger partial charge in [-0.1, -0.05) is 36.4 Å². The van der Waals surface area contributed by atoms with Gasteiger partial charge in [0.25, 0.3) is 5.56 Å². The molecule has 0 aliphatic carbocycles. The first-order chi connectivity index (χ1) is 15.2. The number of aromatic nitrogens is 1. The maximum absolute atomic E-state index is 13.6. The molecular formula is C25H31N3O4. The third kappa shape index (κ3) is 5.03. The minimum Gasteiger partial charge on any atom is -0.444 e. The smallest absolute Gasteiger partial charge is 0.408 e. The number of hydrogen-bond acceptors (Lipinski definition) is 4. The zero-order valence-electron chi connectivity index (χ0n) is 18.9. The monoisotopic (exact) mass is 437 g/mol. The van der Waals surface area contributed by atoms with E-state index in [-0.39, 0.29) is 23.3 Å². The molecular weight excluding hydrogens is 406 g/mol. The molecule has 0 radical (unpaired) electrons. The molecule has 1 aromatic carbocycles. The van der Waals surface area contributed by atoms with Gasteiger partial charge in [-0.3, -0.25) is 9.59 Å². The maximum Gasteiger partial charge on any atom is 0.408 e. The van der Waals surface area contributed by atoms with Gasteiger partial charge in [-0.25, -0.2) is 4.79 Å². The number of hydrogen-bond donors (Lipinski definition) is 1. The Morgan fingerprint density at radius 1 is 1.06 bits per heavy atom. The van der Waals surface area contributed by atoms with Gasteiger partial charge in [-0.05, 0) is 44.7 Å². The minimum atomic E-state index is -0.718. The number of benzene rings is 1. The van der Waals surface area contributed by atoms with Crippen molar-refractivity contribution in [1.29, 1.82) is 0 Å². The Balaban J connectivity index is 1.54. The highest BCUT2D eigenvalue weighted by Crippen LogP contribution is 2.35. The van der Waals surface area contributed by atoms with Crippen molar-refractivity contribution in [2.24, 2.45) is 5.92 Å². The number of pyridine rings is 1. The van der Waals surface area contributed by atoms with Crippen molar-refractivity contribution in [2.75, 3.05) is 13.1 Å². The van der Waals surface area contributed by atoms with Gasteiger partial charge in [0, 0.05) is 43.7 Å². The number of nitrogens with one attached hydrogen (secondary N) is 1. The van der Waals surface area contributed by atoms with E-state index < -0.39 is 17.7 Å². The van der Waals surface area contributed by atoms with Crippen LogP contribution in [-0.4, -0.2) is 46.2 Å². The Morgan fingerprint density at radius 3 is 2.53 bits per heavy atom. The molecule has 0 saturated carbocycles. The fourth-order valence-electron chi connectivity index (χ4n) is 4.80. The highest BCUT2D eigenvalue weighted by atomic mass is 16.6. The summed E-state index contributed by atoms with van der Waals surface area (Å²) >= 11 is 0. The van der Waals surface area contributed by atoms with Crippen LogP contribution in [0.4, 0.5) is 4.79 Å². The average Bonchev–Trinajstić information content (AvgIpc) is 2.73. The summed E-state index contributed by atoms with van der Waals surface area (Å²) in [5, 5.41) is 2.81. The second-order valence-corrected chi connectivity index (χ2v) is 9.83. The van der Waals surface area contributed by atoms with Crippen LogP contribution >= 0.6 is 0 Å². The molecule has 2 amide bonds. The van der Waals surface area contributed by atoms with Crippen LogP contribution < -0.4 is 10.9 Å². The third-order valence-electron chi connectivity index (χ3n) is 6.06. The molecule has 0 unspecified atom stereocenters. The molecule has 1 fully saturated rings. The van der Waals surface area contributed by atoms with Gasteiger partial charge in [0.05, 0.1) is 0 Å². The van der Waals surface area contributed by atoms with Gasteiger partial charge >= 0.3 is 6.09 Å². The van der Waals surface area contributed by atoms with Crippen molar-refractivity contribution in [3.05, 3.63) is 70.1 Å². The van der Waals surface area contributed by atoms with Gasteiger partial charge in [-0.15, -0.1) is 0 Å². The average molecular weight is 438 g/mol. The molecule has 32 heavy (non-hydrogen) atoms. The van der Waals surface area contributed by atoms with Gasteiger partial charge in [0.2, 0.25) is 5.91 Å². The van der Waals surface area contributed by atoms with Gasteiger partial charge < -0.3 is 19.5 Å². The molecule has 7 heteroatoms. The number of nitrogens with zero attached hydrogens (tertiary/aromatic N) is 2.